The van der Waals surface area contributed by atoms with Crippen LogP contribution in [-0.4, -0.2) is 23.1 Å². The molecule has 0 atom stereocenters. The van der Waals surface area contributed by atoms with Gasteiger partial charge in [-0.3, -0.25) is 0 Å². The number of nitrogens with zero attached hydrogens (tertiary/aromatic N) is 3. The summed E-state index contributed by atoms with van der Waals surface area (Å²) in [5.41, 5.74) is 1.02. The van der Waals surface area contributed by atoms with Crippen molar-refractivity contribution in [3.63, 3.8) is 0 Å². The van der Waals surface area contributed by atoms with Gasteiger partial charge in [0.1, 0.15) is 16.8 Å². The van der Waals surface area contributed by atoms with E-state index in [0.717, 1.165) is 55.0 Å². The molecule has 1 aromatic heterocycles. The number of aryl methyl sites for hydroxylation is 1. The number of hydrogen-bond acceptors (Lipinski definition) is 3. The smallest absolute Gasteiger partial charge is 0.137 e. The molecule has 1 aliphatic heterocycles. The summed E-state index contributed by atoms with van der Waals surface area (Å²) in [7, 11) is 0. The molecule has 112 valence electrons. The molecule has 0 saturated carbocycles. The van der Waals surface area contributed by atoms with Gasteiger partial charge in [-0.2, -0.15) is 0 Å². The van der Waals surface area contributed by atoms with Gasteiger partial charge in [-0.15, -0.1) is 0 Å². The van der Waals surface area contributed by atoms with Crippen molar-refractivity contribution in [3.05, 3.63) is 16.5 Å². The van der Waals surface area contributed by atoms with Crippen LogP contribution in [0.1, 0.15) is 51.4 Å². The van der Waals surface area contributed by atoms with Gasteiger partial charge in [-0.25, -0.2) is 9.97 Å². The Hall–Kier alpha value is -0.830. The van der Waals surface area contributed by atoms with Crippen LogP contribution in [0.3, 0.4) is 0 Å². The van der Waals surface area contributed by atoms with Crippen molar-refractivity contribution >= 4 is 17.4 Å². The summed E-state index contributed by atoms with van der Waals surface area (Å²) in [4.78, 5) is 11.5. The second-order valence-corrected chi connectivity index (χ2v) is 6.56. The molecule has 3 nitrogen and oxygen atoms in total. The Labute approximate surface area is 127 Å². The summed E-state index contributed by atoms with van der Waals surface area (Å²) in [5.74, 6) is 3.56. The molecule has 0 bridgehead atoms. The van der Waals surface area contributed by atoms with Crippen molar-refractivity contribution in [2.45, 2.75) is 53.4 Å². The fraction of sp³-hybridized carbons (Fsp3) is 0.750. The fourth-order valence-electron chi connectivity index (χ4n) is 2.94. The van der Waals surface area contributed by atoms with Crippen molar-refractivity contribution in [1.29, 1.82) is 0 Å². The number of piperidine rings is 1. The minimum Gasteiger partial charge on any atom is -0.356 e. The molecule has 0 unspecified atom stereocenters. The first-order valence-corrected chi connectivity index (χ1v) is 8.18. The number of rotatable bonds is 4. The Balaban J connectivity index is 2.16. The van der Waals surface area contributed by atoms with Gasteiger partial charge in [0.15, 0.2) is 0 Å². The Bertz CT molecular complexity index is 451. The summed E-state index contributed by atoms with van der Waals surface area (Å²) in [6.45, 7) is 11.0. The van der Waals surface area contributed by atoms with Crippen LogP contribution in [0.25, 0.3) is 0 Å². The van der Waals surface area contributed by atoms with E-state index in [0.29, 0.717) is 5.15 Å². The van der Waals surface area contributed by atoms with Crippen molar-refractivity contribution in [2.24, 2.45) is 11.8 Å². The van der Waals surface area contributed by atoms with Gasteiger partial charge in [0, 0.05) is 25.1 Å². The summed E-state index contributed by atoms with van der Waals surface area (Å²) < 4.78 is 0. The van der Waals surface area contributed by atoms with Crippen LogP contribution in [0.15, 0.2) is 0 Å². The second kappa shape index (κ2) is 6.75. The normalized spacial score (nSPS) is 17.0. The molecule has 0 aliphatic carbocycles. The highest BCUT2D eigenvalue weighted by Crippen LogP contribution is 2.30. The van der Waals surface area contributed by atoms with Crippen LogP contribution in [0.4, 0.5) is 5.82 Å². The molecule has 1 aliphatic rings. The van der Waals surface area contributed by atoms with E-state index in [1.165, 1.54) is 12.8 Å². The van der Waals surface area contributed by atoms with Gasteiger partial charge in [-0.1, -0.05) is 32.4 Å². The summed E-state index contributed by atoms with van der Waals surface area (Å²) in [6, 6.07) is 0. The molecule has 1 aromatic rings. The molecular weight excluding hydrogens is 270 g/mol. The predicted molar refractivity (Wildman–Crippen MR) is 85.5 cm³/mol. The SMILES string of the molecule is CCCc1nc(Cl)c(C)c(N2CCC(C(C)C)CC2)n1. The highest BCUT2D eigenvalue weighted by molar-refractivity contribution is 6.30. The van der Waals surface area contributed by atoms with E-state index in [9.17, 15) is 0 Å². The molecule has 20 heavy (non-hydrogen) atoms. The molecule has 0 aromatic carbocycles. The lowest BCUT2D eigenvalue weighted by molar-refractivity contribution is 0.310. The standard InChI is InChI=1S/C16H26ClN3/c1-5-6-14-18-15(17)12(4)16(19-14)20-9-7-13(8-10-20)11(2)3/h11,13H,5-10H2,1-4H3. The average Bonchev–Trinajstić information content (AvgIpc) is 2.43. The quantitative estimate of drug-likeness (QED) is 0.777. The molecule has 1 saturated heterocycles. The van der Waals surface area contributed by atoms with Crippen molar-refractivity contribution in [3.8, 4) is 0 Å². The minimum atomic E-state index is 0.615. The lowest BCUT2D eigenvalue weighted by atomic mass is 9.86. The van der Waals surface area contributed by atoms with Crippen LogP contribution in [-0.2, 0) is 6.42 Å². The number of halogens is 1. The van der Waals surface area contributed by atoms with Crippen molar-refractivity contribution < 1.29 is 0 Å². The first-order valence-electron chi connectivity index (χ1n) is 7.80. The fourth-order valence-corrected chi connectivity index (χ4v) is 3.12. The van der Waals surface area contributed by atoms with E-state index in [1.807, 2.05) is 6.92 Å². The zero-order valence-corrected chi connectivity index (χ0v) is 13.9. The van der Waals surface area contributed by atoms with Gasteiger partial charge < -0.3 is 4.90 Å². The zero-order chi connectivity index (χ0) is 14.7. The lowest BCUT2D eigenvalue weighted by Crippen LogP contribution is -2.36. The Morgan fingerprint density at radius 2 is 1.90 bits per heavy atom. The number of anilines is 1. The molecule has 0 N–H and O–H groups in total. The molecular formula is C16H26ClN3. The molecule has 0 radical (unpaired) electrons. The first-order chi connectivity index (χ1) is 9.52. The molecule has 2 rings (SSSR count). The maximum Gasteiger partial charge on any atom is 0.137 e. The Kier molecular flexibility index (Phi) is 5.25. The third-order valence-corrected chi connectivity index (χ3v) is 4.73. The van der Waals surface area contributed by atoms with E-state index in [4.69, 9.17) is 16.6 Å². The van der Waals surface area contributed by atoms with E-state index >= 15 is 0 Å². The van der Waals surface area contributed by atoms with Crippen LogP contribution >= 0.6 is 11.6 Å². The van der Waals surface area contributed by atoms with Gasteiger partial charge in [0.2, 0.25) is 0 Å². The summed E-state index contributed by atoms with van der Waals surface area (Å²) in [5, 5.41) is 0.615. The van der Waals surface area contributed by atoms with Gasteiger partial charge in [-0.05, 0) is 38.0 Å². The molecule has 4 heteroatoms. The Morgan fingerprint density at radius 1 is 1.25 bits per heavy atom. The maximum atomic E-state index is 6.28. The van der Waals surface area contributed by atoms with Gasteiger partial charge in [0.25, 0.3) is 0 Å². The van der Waals surface area contributed by atoms with Gasteiger partial charge in [0.05, 0.1) is 0 Å². The highest BCUT2D eigenvalue weighted by atomic mass is 35.5. The van der Waals surface area contributed by atoms with E-state index in [-0.39, 0.29) is 0 Å². The van der Waals surface area contributed by atoms with E-state index in [2.05, 4.69) is 30.7 Å². The minimum absolute atomic E-state index is 0.615. The highest BCUT2D eigenvalue weighted by Gasteiger charge is 2.24. The van der Waals surface area contributed by atoms with Crippen molar-refractivity contribution in [2.75, 3.05) is 18.0 Å². The molecule has 0 spiro atoms. The first kappa shape index (κ1) is 15.6. The summed E-state index contributed by atoms with van der Waals surface area (Å²) in [6.07, 6.45) is 4.45. The van der Waals surface area contributed by atoms with E-state index in [1.54, 1.807) is 0 Å². The largest absolute Gasteiger partial charge is 0.356 e. The van der Waals surface area contributed by atoms with Crippen LogP contribution < -0.4 is 4.90 Å². The Morgan fingerprint density at radius 3 is 2.45 bits per heavy atom. The molecule has 0 amide bonds. The number of aromatic nitrogens is 2. The lowest BCUT2D eigenvalue weighted by Gasteiger charge is -2.35. The number of hydrogen-bond donors (Lipinski definition) is 0. The van der Waals surface area contributed by atoms with E-state index < -0.39 is 0 Å². The molecule has 2 heterocycles. The zero-order valence-electron chi connectivity index (χ0n) is 13.1. The van der Waals surface area contributed by atoms with Crippen LogP contribution in [0.2, 0.25) is 5.15 Å². The second-order valence-electron chi connectivity index (χ2n) is 6.20. The maximum absolute atomic E-state index is 6.28. The monoisotopic (exact) mass is 295 g/mol. The predicted octanol–water partition coefficient (Wildman–Crippen LogP) is 4.26. The van der Waals surface area contributed by atoms with Crippen molar-refractivity contribution in [1.82, 2.24) is 9.97 Å². The third kappa shape index (κ3) is 3.43. The third-order valence-electron chi connectivity index (χ3n) is 4.36. The van der Waals surface area contributed by atoms with Gasteiger partial charge >= 0.3 is 0 Å². The van der Waals surface area contributed by atoms with Crippen LogP contribution in [0, 0.1) is 18.8 Å². The topological polar surface area (TPSA) is 29.0 Å². The average molecular weight is 296 g/mol. The van der Waals surface area contributed by atoms with Crippen LogP contribution in [0.5, 0.6) is 0 Å². The molecule has 1 fully saturated rings. The summed E-state index contributed by atoms with van der Waals surface area (Å²) >= 11 is 6.28.